The summed E-state index contributed by atoms with van der Waals surface area (Å²) in [4.78, 5) is 10.1. The first-order valence-corrected chi connectivity index (χ1v) is 6.02. The number of hydrogen-bond acceptors (Lipinski definition) is 4. The van der Waals surface area contributed by atoms with Crippen LogP contribution in [0.4, 0.5) is 10.1 Å². The highest BCUT2D eigenvalue weighted by molar-refractivity contribution is 6.32. The van der Waals surface area contributed by atoms with Gasteiger partial charge in [-0.05, 0) is 30.3 Å². The van der Waals surface area contributed by atoms with E-state index in [2.05, 4.69) is 0 Å². The summed E-state index contributed by atoms with van der Waals surface area (Å²) in [5, 5.41) is 18.3. The Hall–Kier alpha value is -2.67. The molecular weight excluding hydrogens is 301 g/mol. The smallest absolute Gasteiger partial charge is 0.314 e. The van der Waals surface area contributed by atoms with Gasteiger partial charge in [0.1, 0.15) is 17.4 Å². The molecule has 2 aromatic rings. The number of nitrogens with two attached hydrogens (primary N) is 1. The topological polar surface area (TPSA) is 102 Å². The van der Waals surface area contributed by atoms with Crippen LogP contribution in [0.3, 0.4) is 0 Å². The SMILES string of the molecule is N=C(N)c1ccc(Oc2ccc(F)cc2[N+](=O)[O-])c(Cl)c1. The third kappa shape index (κ3) is 3.26. The molecule has 0 atom stereocenters. The molecule has 0 aromatic heterocycles. The minimum atomic E-state index is -0.754. The standard InChI is InChI=1S/C13H9ClFN3O3/c14-9-5-7(13(16)17)1-3-11(9)21-12-4-2-8(15)6-10(12)18(19)20/h1-6H,(H3,16,17). The molecule has 3 N–H and O–H groups in total. The number of nitro groups is 1. The lowest BCUT2D eigenvalue weighted by Crippen LogP contribution is -2.10. The van der Waals surface area contributed by atoms with Gasteiger partial charge in [-0.15, -0.1) is 0 Å². The Labute approximate surface area is 123 Å². The second kappa shape index (κ2) is 5.76. The molecule has 0 aliphatic heterocycles. The second-order valence-electron chi connectivity index (χ2n) is 4.03. The van der Waals surface area contributed by atoms with Crippen LogP contribution in [-0.4, -0.2) is 10.8 Å². The molecule has 0 fully saturated rings. The third-order valence-electron chi connectivity index (χ3n) is 2.58. The van der Waals surface area contributed by atoms with Crippen LogP contribution in [0.15, 0.2) is 36.4 Å². The van der Waals surface area contributed by atoms with E-state index < -0.39 is 16.4 Å². The first-order chi connectivity index (χ1) is 9.88. The van der Waals surface area contributed by atoms with Gasteiger partial charge in [-0.2, -0.15) is 0 Å². The number of amidine groups is 1. The molecule has 0 spiro atoms. The highest BCUT2D eigenvalue weighted by atomic mass is 35.5. The summed E-state index contributed by atoms with van der Waals surface area (Å²) < 4.78 is 18.4. The fourth-order valence-electron chi connectivity index (χ4n) is 1.59. The number of halogens is 2. The predicted molar refractivity (Wildman–Crippen MR) is 75.6 cm³/mol. The Kier molecular flexibility index (Phi) is 4.04. The Morgan fingerprint density at radius 1 is 1.29 bits per heavy atom. The van der Waals surface area contributed by atoms with Crippen LogP contribution >= 0.6 is 11.6 Å². The van der Waals surface area contributed by atoms with Crippen LogP contribution in [0.1, 0.15) is 5.56 Å². The zero-order valence-corrected chi connectivity index (χ0v) is 11.2. The van der Waals surface area contributed by atoms with Crippen LogP contribution in [0.5, 0.6) is 11.5 Å². The number of rotatable bonds is 4. The van der Waals surface area contributed by atoms with Gasteiger partial charge in [0.2, 0.25) is 5.75 Å². The Bertz CT molecular complexity index is 737. The summed E-state index contributed by atoms with van der Waals surface area (Å²) >= 11 is 5.97. The molecule has 0 aliphatic carbocycles. The number of nitro benzene ring substituents is 1. The summed E-state index contributed by atoms with van der Waals surface area (Å²) in [5.41, 5.74) is 5.20. The molecule has 8 heteroatoms. The minimum Gasteiger partial charge on any atom is -0.449 e. The molecule has 0 aliphatic rings. The van der Waals surface area contributed by atoms with Crippen molar-refractivity contribution in [2.45, 2.75) is 0 Å². The van der Waals surface area contributed by atoms with Crippen molar-refractivity contribution in [2.24, 2.45) is 5.73 Å². The van der Waals surface area contributed by atoms with Gasteiger partial charge in [0.25, 0.3) is 0 Å². The first-order valence-electron chi connectivity index (χ1n) is 5.64. The monoisotopic (exact) mass is 309 g/mol. The van der Waals surface area contributed by atoms with Crippen LogP contribution in [-0.2, 0) is 0 Å². The maximum atomic E-state index is 13.0. The van der Waals surface area contributed by atoms with E-state index in [4.69, 9.17) is 27.5 Å². The summed E-state index contributed by atoms with van der Waals surface area (Å²) in [6.07, 6.45) is 0. The lowest BCUT2D eigenvalue weighted by atomic mass is 10.2. The second-order valence-corrected chi connectivity index (χ2v) is 4.44. The molecule has 0 saturated carbocycles. The van der Waals surface area contributed by atoms with Crippen molar-refractivity contribution in [1.29, 1.82) is 5.41 Å². The lowest BCUT2D eigenvalue weighted by molar-refractivity contribution is -0.385. The van der Waals surface area contributed by atoms with Crippen molar-refractivity contribution in [3.8, 4) is 11.5 Å². The van der Waals surface area contributed by atoms with Crippen LogP contribution < -0.4 is 10.5 Å². The molecule has 2 rings (SSSR count). The quantitative estimate of drug-likeness (QED) is 0.390. The maximum Gasteiger partial charge on any atom is 0.314 e. The van der Waals surface area contributed by atoms with Crippen molar-refractivity contribution in [3.05, 3.63) is 62.9 Å². The molecule has 2 aromatic carbocycles. The molecule has 0 radical (unpaired) electrons. The Morgan fingerprint density at radius 3 is 2.52 bits per heavy atom. The van der Waals surface area contributed by atoms with Gasteiger partial charge < -0.3 is 10.5 Å². The highest BCUT2D eigenvalue weighted by Crippen LogP contribution is 2.35. The summed E-state index contributed by atoms with van der Waals surface area (Å²) in [7, 11) is 0. The van der Waals surface area contributed by atoms with Gasteiger partial charge in [-0.25, -0.2) is 4.39 Å². The molecule has 0 saturated heterocycles. The van der Waals surface area contributed by atoms with Gasteiger partial charge in [-0.1, -0.05) is 11.6 Å². The fraction of sp³-hybridized carbons (Fsp3) is 0. The van der Waals surface area contributed by atoms with E-state index in [0.717, 1.165) is 18.2 Å². The number of hydrogen-bond donors (Lipinski definition) is 2. The molecule has 21 heavy (non-hydrogen) atoms. The average Bonchev–Trinajstić information content (AvgIpc) is 2.42. The zero-order valence-electron chi connectivity index (χ0n) is 10.5. The van der Waals surface area contributed by atoms with Crippen molar-refractivity contribution < 1.29 is 14.1 Å². The summed E-state index contributed by atoms with van der Waals surface area (Å²) in [5.74, 6) is -0.918. The predicted octanol–water partition coefficient (Wildman–Crippen LogP) is 3.46. The molecule has 6 nitrogen and oxygen atoms in total. The van der Waals surface area contributed by atoms with E-state index >= 15 is 0 Å². The van der Waals surface area contributed by atoms with Crippen molar-refractivity contribution in [3.63, 3.8) is 0 Å². The third-order valence-corrected chi connectivity index (χ3v) is 2.88. The van der Waals surface area contributed by atoms with Crippen LogP contribution in [0.2, 0.25) is 5.02 Å². The van der Waals surface area contributed by atoms with E-state index in [1.54, 1.807) is 0 Å². The van der Waals surface area contributed by atoms with E-state index in [1.807, 2.05) is 0 Å². The zero-order chi connectivity index (χ0) is 15.6. The number of nitrogens with one attached hydrogen (secondary N) is 1. The summed E-state index contributed by atoms with van der Waals surface area (Å²) in [6, 6.07) is 7.25. The fourth-order valence-corrected chi connectivity index (χ4v) is 1.81. The minimum absolute atomic E-state index is 0.126. The van der Waals surface area contributed by atoms with Crippen LogP contribution in [0, 0.1) is 21.3 Å². The van der Waals surface area contributed by atoms with E-state index in [1.165, 1.54) is 18.2 Å². The maximum absolute atomic E-state index is 13.0. The normalized spacial score (nSPS) is 10.2. The Balaban J connectivity index is 2.39. The molecular formula is C13H9ClFN3O3. The van der Waals surface area contributed by atoms with E-state index in [9.17, 15) is 14.5 Å². The largest absolute Gasteiger partial charge is 0.449 e. The van der Waals surface area contributed by atoms with Gasteiger partial charge in [0, 0.05) is 5.56 Å². The highest BCUT2D eigenvalue weighted by Gasteiger charge is 2.18. The van der Waals surface area contributed by atoms with E-state index in [-0.39, 0.29) is 22.4 Å². The van der Waals surface area contributed by atoms with Gasteiger partial charge >= 0.3 is 5.69 Å². The first kappa shape index (κ1) is 14.7. The molecule has 0 unspecified atom stereocenters. The summed E-state index contributed by atoms with van der Waals surface area (Å²) in [6.45, 7) is 0. The molecule has 0 heterocycles. The number of nitrogen functional groups attached to an aromatic ring is 1. The van der Waals surface area contributed by atoms with E-state index in [0.29, 0.717) is 5.56 Å². The molecule has 0 amide bonds. The van der Waals surface area contributed by atoms with Gasteiger partial charge in [0.05, 0.1) is 16.0 Å². The number of ether oxygens (including phenoxy) is 1. The van der Waals surface area contributed by atoms with Crippen LogP contribution in [0.25, 0.3) is 0 Å². The van der Waals surface area contributed by atoms with Crippen molar-refractivity contribution >= 4 is 23.1 Å². The van der Waals surface area contributed by atoms with Gasteiger partial charge in [0.15, 0.2) is 0 Å². The molecule has 108 valence electrons. The van der Waals surface area contributed by atoms with Crippen molar-refractivity contribution in [1.82, 2.24) is 0 Å². The number of benzene rings is 2. The van der Waals surface area contributed by atoms with Gasteiger partial charge in [-0.3, -0.25) is 15.5 Å². The average molecular weight is 310 g/mol. The lowest BCUT2D eigenvalue weighted by Gasteiger charge is -2.09. The van der Waals surface area contributed by atoms with Crippen molar-refractivity contribution in [2.75, 3.05) is 0 Å². The number of nitrogens with zero attached hydrogens (tertiary/aromatic N) is 1. The Morgan fingerprint density at radius 2 is 1.95 bits per heavy atom. The molecule has 0 bridgehead atoms.